The van der Waals surface area contributed by atoms with Gasteiger partial charge in [0.05, 0.1) is 24.8 Å². The highest BCUT2D eigenvalue weighted by Crippen LogP contribution is 2.40. The minimum atomic E-state index is -4.41. The fraction of sp³-hybridized carbons (Fsp3) is 0.462. The Morgan fingerprint density at radius 3 is 2.54 bits per heavy atom. The largest absolute Gasteiger partial charge is 0.493 e. The zero-order valence-corrected chi connectivity index (χ0v) is 20.5. The highest BCUT2D eigenvalue weighted by atomic mass is 19.4. The summed E-state index contributed by atoms with van der Waals surface area (Å²) in [4.78, 5) is 9.08. The first-order valence-electron chi connectivity index (χ1n) is 11.5. The lowest BCUT2D eigenvalue weighted by molar-refractivity contribution is -0.137. The summed E-state index contributed by atoms with van der Waals surface area (Å²) >= 11 is 0. The van der Waals surface area contributed by atoms with Gasteiger partial charge >= 0.3 is 6.18 Å². The van der Waals surface area contributed by atoms with E-state index in [4.69, 9.17) is 14.2 Å². The van der Waals surface area contributed by atoms with Crippen molar-refractivity contribution in [2.75, 3.05) is 25.6 Å². The smallest absolute Gasteiger partial charge is 0.416 e. The van der Waals surface area contributed by atoms with Crippen LogP contribution in [0.5, 0.6) is 11.5 Å². The second kappa shape index (κ2) is 9.53. The van der Waals surface area contributed by atoms with Crippen molar-refractivity contribution in [3.05, 3.63) is 53.3 Å². The van der Waals surface area contributed by atoms with Gasteiger partial charge in [0.2, 0.25) is 0 Å². The maximum Gasteiger partial charge on any atom is 0.416 e. The molecule has 0 amide bonds. The van der Waals surface area contributed by atoms with E-state index in [1.165, 1.54) is 6.07 Å². The number of rotatable bonds is 7. The molecule has 1 aromatic heterocycles. The lowest BCUT2D eigenvalue weighted by atomic mass is 9.90. The number of alkyl halides is 3. The van der Waals surface area contributed by atoms with E-state index in [9.17, 15) is 13.2 Å². The topological polar surface area (TPSA) is 65.5 Å². The summed E-state index contributed by atoms with van der Waals surface area (Å²) in [5.41, 5.74) is -0.0490. The fourth-order valence-corrected chi connectivity index (χ4v) is 4.32. The molecule has 1 unspecified atom stereocenters. The average Bonchev–Trinajstić information content (AvgIpc) is 3.34. The Balaban J connectivity index is 1.70. The van der Waals surface area contributed by atoms with Crippen molar-refractivity contribution in [3.8, 4) is 11.5 Å². The second-order valence-electron chi connectivity index (χ2n) is 9.39. The molecule has 0 spiro atoms. The van der Waals surface area contributed by atoms with Crippen LogP contribution in [0.3, 0.4) is 0 Å². The molecule has 1 fully saturated rings. The summed E-state index contributed by atoms with van der Waals surface area (Å²) in [5, 5.41) is 3.95. The van der Waals surface area contributed by atoms with Crippen LogP contribution < -0.4 is 14.8 Å². The van der Waals surface area contributed by atoms with E-state index in [1.54, 1.807) is 33.1 Å². The minimum absolute atomic E-state index is 0.232. The van der Waals surface area contributed by atoms with Gasteiger partial charge in [-0.15, -0.1) is 0 Å². The summed E-state index contributed by atoms with van der Waals surface area (Å²) in [6.07, 6.45) is -3.50. The molecule has 1 N–H and O–H groups in total. The number of halogens is 3. The molecule has 1 aliphatic heterocycles. The molecule has 1 aliphatic rings. The van der Waals surface area contributed by atoms with Gasteiger partial charge in [0.1, 0.15) is 17.2 Å². The minimum Gasteiger partial charge on any atom is -0.493 e. The van der Waals surface area contributed by atoms with Crippen LogP contribution >= 0.6 is 0 Å². The Morgan fingerprint density at radius 2 is 1.89 bits per heavy atom. The van der Waals surface area contributed by atoms with Crippen LogP contribution in [0.2, 0.25) is 0 Å². The molecular formula is C26H30F3N3O3. The Hall–Kier alpha value is -3.07. The molecule has 35 heavy (non-hydrogen) atoms. The molecule has 9 heteroatoms. The Morgan fingerprint density at radius 1 is 1.11 bits per heavy atom. The van der Waals surface area contributed by atoms with Gasteiger partial charge < -0.3 is 19.5 Å². The Kier molecular flexibility index (Phi) is 6.81. The second-order valence-corrected chi connectivity index (χ2v) is 9.39. The number of aryl methyl sites for hydroxylation is 1. The highest BCUT2D eigenvalue weighted by molar-refractivity contribution is 5.92. The molecule has 1 saturated heterocycles. The molecule has 0 bridgehead atoms. The molecule has 2 heterocycles. The van der Waals surface area contributed by atoms with Gasteiger partial charge in [-0.05, 0) is 57.9 Å². The quantitative estimate of drug-likeness (QED) is 0.418. The number of benzene rings is 2. The number of anilines is 1. The molecule has 188 valence electrons. The average molecular weight is 490 g/mol. The molecule has 0 saturated carbocycles. The fourth-order valence-electron chi connectivity index (χ4n) is 4.32. The van der Waals surface area contributed by atoms with Gasteiger partial charge in [0.15, 0.2) is 11.5 Å². The molecule has 0 aliphatic carbocycles. The van der Waals surface area contributed by atoms with Crippen LogP contribution in [0.25, 0.3) is 10.9 Å². The molecule has 3 aromatic rings. The van der Waals surface area contributed by atoms with Gasteiger partial charge in [-0.3, -0.25) is 0 Å². The predicted octanol–water partition coefficient (Wildman–Crippen LogP) is 6.33. The Labute approximate surface area is 202 Å². The monoisotopic (exact) mass is 489 g/mol. The molecule has 4 rings (SSSR count). The van der Waals surface area contributed by atoms with Crippen molar-refractivity contribution in [2.24, 2.45) is 5.92 Å². The number of hydrogen-bond acceptors (Lipinski definition) is 6. The Bertz CT molecular complexity index is 1210. The third-order valence-corrected chi connectivity index (χ3v) is 6.45. The van der Waals surface area contributed by atoms with Gasteiger partial charge in [0.25, 0.3) is 0 Å². The molecule has 2 aromatic carbocycles. The number of nitrogens with zero attached hydrogens (tertiary/aromatic N) is 2. The summed E-state index contributed by atoms with van der Waals surface area (Å²) in [5.74, 6) is 2.34. The first kappa shape index (κ1) is 25.0. The van der Waals surface area contributed by atoms with Crippen molar-refractivity contribution >= 4 is 16.7 Å². The normalized spacial score (nSPS) is 17.4. The van der Waals surface area contributed by atoms with Crippen LogP contribution in [0.15, 0.2) is 36.4 Å². The molecule has 6 nitrogen and oxygen atoms in total. The van der Waals surface area contributed by atoms with Crippen LogP contribution in [-0.4, -0.2) is 35.9 Å². The van der Waals surface area contributed by atoms with Gasteiger partial charge in [-0.2, -0.15) is 13.2 Å². The van der Waals surface area contributed by atoms with Gasteiger partial charge in [-0.1, -0.05) is 12.1 Å². The summed E-state index contributed by atoms with van der Waals surface area (Å²) in [7, 11) is 1.57. The van der Waals surface area contributed by atoms with Crippen molar-refractivity contribution in [3.63, 3.8) is 0 Å². The number of methoxy groups -OCH3 is 1. The van der Waals surface area contributed by atoms with Gasteiger partial charge in [-0.25, -0.2) is 9.97 Å². The first-order chi connectivity index (χ1) is 16.5. The van der Waals surface area contributed by atoms with Gasteiger partial charge in [0, 0.05) is 30.0 Å². The number of nitrogens with one attached hydrogen (secondary N) is 1. The maximum absolute atomic E-state index is 13.2. The summed E-state index contributed by atoms with van der Waals surface area (Å²) in [6.45, 7) is 8.95. The first-order valence-corrected chi connectivity index (χ1v) is 11.5. The van der Waals surface area contributed by atoms with Crippen molar-refractivity contribution in [1.29, 1.82) is 0 Å². The molecule has 0 radical (unpaired) electrons. The standard InChI is InChI=1S/C26H30F3N3O3/c1-15(17-7-6-8-18(11-17)26(27,28)29)30-24-20-12-23(35-25(3,4)19-9-10-34-14-19)22(33-5)13-21(20)31-16(2)32-24/h6-8,11-13,15,19H,9-10,14H2,1-5H3,(H,30,31,32)/t15-,19?/m1/s1. The van der Waals surface area contributed by atoms with E-state index in [1.807, 2.05) is 19.9 Å². The number of hydrogen-bond donors (Lipinski definition) is 1. The van der Waals surface area contributed by atoms with E-state index in [2.05, 4.69) is 15.3 Å². The summed E-state index contributed by atoms with van der Waals surface area (Å²) < 4.78 is 57.2. The number of aromatic nitrogens is 2. The van der Waals surface area contributed by atoms with E-state index in [0.29, 0.717) is 52.8 Å². The van der Waals surface area contributed by atoms with Crippen LogP contribution in [0, 0.1) is 12.8 Å². The lowest BCUT2D eigenvalue weighted by Crippen LogP contribution is -2.38. The van der Waals surface area contributed by atoms with E-state index in [-0.39, 0.29) is 5.92 Å². The van der Waals surface area contributed by atoms with E-state index < -0.39 is 23.4 Å². The highest BCUT2D eigenvalue weighted by Gasteiger charge is 2.35. The van der Waals surface area contributed by atoms with E-state index >= 15 is 0 Å². The maximum atomic E-state index is 13.2. The van der Waals surface area contributed by atoms with Crippen molar-refractivity contribution in [1.82, 2.24) is 9.97 Å². The van der Waals surface area contributed by atoms with Crippen LogP contribution in [-0.2, 0) is 10.9 Å². The van der Waals surface area contributed by atoms with Crippen molar-refractivity contribution in [2.45, 2.75) is 51.9 Å². The zero-order chi connectivity index (χ0) is 25.4. The van der Waals surface area contributed by atoms with Crippen molar-refractivity contribution < 1.29 is 27.4 Å². The lowest BCUT2D eigenvalue weighted by Gasteiger charge is -2.32. The van der Waals surface area contributed by atoms with Crippen LogP contribution in [0.4, 0.5) is 19.0 Å². The zero-order valence-electron chi connectivity index (χ0n) is 20.5. The SMILES string of the molecule is COc1cc2nc(C)nc(N[C@H](C)c3cccc(C(F)(F)F)c3)c2cc1OC(C)(C)C1CCOC1. The third-order valence-electron chi connectivity index (χ3n) is 6.45. The third kappa shape index (κ3) is 5.45. The van der Waals surface area contributed by atoms with E-state index in [0.717, 1.165) is 18.6 Å². The molecule has 2 atom stereocenters. The molecular weight excluding hydrogens is 459 g/mol. The number of fused-ring (bicyclic) bond motifs is 1. The summed E-state index contributed by atoms with van der Waals surface area (Å²) in [6, 6.07) is 8.46. The van der Waals surface area contributed by atoms with Crippen LogP contribution in [0.1, 0.15) is 50.2 Å². The number of ether oxygens (including phenoxy) is 3. The predicted molar refractivity (Wildman–Crippen MR) is 128 cm³/mol.